The van der Waals surface area contributed by atoms with Gasteiger partial charge in [-0.05, 0) is 60.3 Å². The molecule has 0 N–H and O–H groups in total. The molecule has 6 nitrogen and oxygen atoms in total. The van der Waals surface area contributed by atoms with Gasteiger partial charge in [-0.2, -0.15) is 8.42 Å². The number of hydrogen-bond acceptors (Lipinski definition) is 6. The standard InChI is InChI=1S/C24H20N2O4S3/c1-2-3-15-26-21(17-32-24(26)25-33(28,29)22-10-7-16-31-22)18-11-13-20(14-12-18)30-23(27)19-8-5-4-6-9-19/h2-14,16-17H,15H2,1H3/b3-2+,25-24?. The van der Waals surface area contributed by atoms with Gasteiger partial charge in [-0.3, -0.25) is 0 Å². The van der Waals surface area contributed by atoms with E-state index < -0.39 is 16.0 Å². The van der Waals surface area contributed by atoms with Gasteiger partial charge in [0.05, 0.1) is 11.3 Å². The predicted molar refractivity (Wildman–Crippen MR) is 131 cm³/mol. The van der Waals surface area contributed by atoms with Crippen LogP contribution in [0.15, 0.2) is 98.2 Å². The Morgan fingerprint density at radius 1 is 1.03 bits per heavy atom. The number of esters is 1. The summed E-state index contributed by atoms with van der Waals surface area (Å²) >= 11 is 2.40. The molecule has 0 spiro atoms. The molecule has 0 atom stereocenters. The molecule has 2 heterocycles. The van der Waals surface area contributed by atoms with E-state index in [-0.39, 0.29) is 4.21 Å². The first-order chi connectivity index (χ1) is 16.0. The van der Waals surface area contributed by atoms with E-state index in [2.05, 4.69) is 4.40 Å². The average molecular weight is 497 g/mol. The summed E-state index contributed by atoms with van der Waals surface area (Å²) in [6.07, 6.45) is 3.83. The minimum Gasteiger partial charge on any atom is -0.423 e. The molecule has 0 amide bonds. The van der Waals surface area contributed by atoms with Crippen molar-refractivity contribution in [1.82, 2.24) is 4.57 Å². The molecular weight excluding hydrogens is 476 g/mol. The van der Waals surface area contributed by atoms with E-state index in [1.807, 2.05) is 47.2 Å². The third kappa shape index (κ3) is 5.39. The summed E-state index contributed by atoms with van der Waals surface area (Å²) in [6, 6.07) is 19.1. The largest absolute Gasteiger partial charge is 0.423 e. The summed E-state index contributed by atoms with van der Waals surface area (Å²) in [5.74, 6) is -0.00470. The first-order valence-electron chi connectivity index (χ1n) is 9.99. The Bertz CT molecular complexity index is 1430. The number of carbonyl (C=O) groups excluding carboxylic acids is 1. The molecule has 0 saturated heterocycles. The van der Waals surface area contributed by atoms with Crippen LogP contribution in [0, 0.1) is 0 Å². The summed E-state index contributed by atoms with van der Waals surface area (Å²) in [7, 11) is -3.78. The van der Waals surface area contributed by atoms with Crippen molar-refractivity contribution in [3.05, 3.63) is 100 Å². The SMILES string of the molecule is C/C=C/Cn1c(-c2ccc(OC(=O)c3ccccc3)cc2)csc1=NS(=O)(=O)c1cccs1. The van der Waals surface area contributed by atoms with Crippen molar-refractivity contribution < 1.29 is 17.9 Å². The highest BCUT2D eigenvalue weighted by Gasteiger charge is 2.16. The third-order valence-electron chi connectivity index (χ3n) is 4.64. The van der Waals surface area contributed by atoms with Crippen molar-refractivity contribution in [2.45, 2.75) is 17.7 Å². The molecular formula is C24H20N2O4S3. The van der Waals surface area contributed by atoms with Crippen LogP contribution in [0.3, 0.4) is 0 Å². The van der Waals surface area contributed by atoms with Crippen LogP contribution in [0.1, 0.15) is 17.3 Å². The summed E-state index contributed by atoms with van der Waals surface area (Å²) in [5.41, 5.74) is 2.14. The molecule has 168 valence electrons. The zero-order valence-corrected chi connectivity index (χ0v) is 20.1. The lowest BCUT2D eigenvalue weighted by Gasteiger charge is -2.08. The van der Waals surface area contributed by atoms with Crippen LogP contribution in [-0.4, -0.2) is 19.0 Å². The Hall–Kier alpha value is -3.27. The number of thiophene rings is 1. The molecule has 4 rings (SSSR count). The van der Waals surface area contributed by atoms with Gasteiger partial charge in [0.2, 0.25) is 4.80 Å². The maximum Gasteiger partial charge on any atom is 0.343 e. The number of thiazole rings is 1. The summed E-state index contributed by atoms with van der Waals surface area (Å²) in [6.45, 7) is 2.38. The number of sulfonamides is 1. The Labute approximate surface area is 199 Å². The number of ether oxygens (including phenoxy) is 1. The number of benzene rings is 2. The van der Waals surface area contributed by atoms with Gasteiger partial charge in [-0.1, -0.05) is 36.4 Å². The molecule has 2 aromatic heterocycles. The zero-order chi connectivity index (χ0) is 23.3. The van der Waals surface area contributed by atoms with Crippen molar-refractivity contribution in [3.63, 3.8) is 0 Å². The molecule has 0 aliphatic carbocycles. The Morgan fingerprint density at radius 2 is 1.79 bits per heavy atom. The van der Waals surface area contributed by atoms with E-state index in [9.17, 15) is 13.2 Å². The molecule has 0 saturated carbocycles. The predicted octanol–water partition coefficient (Wildman–Crippen LogP) is 5.36. The van der Waals surface area contributed by atoms with Gasteiger partial charge in [0.1, 0.15) is 9.96 Å². The average Bonchev–Trinajstić information content (AvgIpc) is 3.50. The van der Waals surface area contributed by atoms with Gasteiger partial charge in [0.15, 0.2) is 0 Å². The van der Waals surface area contributed by atoms with E-state index in [1.54, 1.807) is 53.9 Å². The second kappa shape index (κ2) is 10.1. The van der Waals surface area contributed by atoms with E-state index in [0.29, 0.717) is 22.7 Å². The maximum atomic E-state index is 12.7. The lowest BCUT2D eigenvalue weighted by molar-refractivity contribution is 0.0734. The maximum absolute atomic E-state index is 12.7. The first kappa shape index (κ1) is 22.9. The van der Waals surface area contributed by atoms with Gasteiger partial charge in [-0.25, -0.2) is 4.79 Å². The molecule has 0 aliphatic heterocycles. The van der Waals surface area contributed by atoms with Gasteiger partial charge in [0.25, 0.3) is 10.0 Å². The van der Waals surface area contributed by atoms with Crippen molar-refractivity contribution in [2.24, 2.45) is 4.40 Å². The normalized spacial score (nSPS) is 12.3. The van der Waals surface area contributed by atoms with Crippen LogP contribution in [0.2, 0.25) is 0 Å². The Kier molecular flexibility index (Phi) is 7.02. The van der Waals surface area contributed by atoms with Crippen molar-refractivity contribution in [3.8, 4) is 17.0 Å². The van der Waals surface area contributed by atoms with Crippen molar-refractivity contribution >= 4 is 38.7 Å². The lowest BCUT2D eigenvalue weighted by Crippen LogP contribution is -2.17. The molecule has 0 unspecified atom stereocenters. The van der Waals surface area contributed by atoms with Crippen LogP contribution in [0.5, 0.6) is 5.75 Å². The van der Waals surface area contributed by atoms with Crippen LogP contribution in [-0.2, 0) is 16.6 Å². The topological polar surface area (TPSA) is 77.7 Å². The molecule has 4 aromatic rings. The minimum absolute atomic E-state index is 0.208. The second-order valence-corrected chi connectivity index (χ2v) is 10.5. The molecule has 0 bridgehead atoms. The van der Waals surface area contributed by atoms with E-state index in [1.165, 1.54) is 11.3 Å². The lowest BCUT2D eigenvalue weighted by atomic mass is 10.1. The van der Waals surface area contributed by atoms with Gasteiger partial charge in [0, 0.05) is 11.9 Å². The van der Waals surface area contributed by atoms with Crippen LogP contribution < -0.4 is 9.54 Å². The number of allylic oxidation sites excluding steroid dienone is 2. The number of nitrogens with zero attached hydrogens (tertiary/aromatic N) is 2. The zero-order valence-electron chi connectivity index (χ0n) is 17.6. The van der Waals surface area contributed by atoms with Crippen molar-refractivity contribution in [2.75, 3.05) is 0 Å². The molecule has 0 radical (unpaired) electrons. The fraction of sp³-hybridized carbons (Fsp3) is 0.0833. The molecule has 2 aromatic carbocycles. The van der Waals surface area contributed by atoms with Gasteiger partial charge < -0.3 is 9.30 Å². The summed E-state index contributed by atoms with van der Waals surface area (Å²) < 4.78 is 36.9. The molecule has 9 heteroatoms. The second-order valence-electron chi connectivity index (χ2n) is 6.86. The Balaban J connectivity index is 1.65. The first-order valence-corrected chi connectivity index (χ1v) is 13.2. The molecule has 0 aliphatic rings. The van der Waals surface area contributed by atoms with E-state index in [4.69, 9.17) is 4.74 Å². The summed E-state index contributed by atoms with van der Waals surface area (Å²) in [5, 5.41) is 3.58. The smallest absolute Gasteiger partial charge is 0.343 e. The highest BCUT2D eigenvalue weighted by atomic mass is 32.2. The van der Waals surface area contributed by atoms with Gasteiger partial charge in [-0.15, -0.1) is 27.1 Å². The number of rotatable bonds is 7. The highest BCUT2D eigenvalue weighted by molar-refractivity contribution is 7.92. The molecule has 0 fully saturated rings. The van der Waals surface area contributed by atoms with E-state index in [0.717, 1.165) is 22.6 Å². The fourth-order valence-corrected chi connectivity index (χ4v) is 6.12. The van der Waals surface area contributed by atoms with Crippen molar-refractivity contribution in [1.29, 1.82) is 0 Å². The third-order valence-corrected chi connectivity index (χ3v) is 8.26. The Morgan fingerprint density at radius 3 is 2.45 bits per heavy atom. The van der Waals surface area contributed by atoms with Crippen LogP contribution in [0.25, 0.3) is 11.3 Å². The fourth-order valence-electron chi connectivity index (χ4n) is 3.01. The number of carbonyl (C=O) groups is 1. The van der Waals surface area contributed by atoms with E-state index >= 15 is 0 Å². The highest BCUT2D eigenvalue weighted by Crippen LogP contribution is 2.25. The minimum atomic E-state index is -3.78. The number of aromatic nitrogens is 1. The monoisotopic (exact) mass is 496 g/mol. The summed E-state index contributed by atoms with van der Waals surface area (Å²) in [4.78, 5) is 12.7. The molecule has 33 heavy (non-hydrogen) atoms. The van der Waals surface area contributed by atoms with Gasteiger partial charge >= 0.3 is 5.97 Å². The van der Waals surface area contributed by atoms with Crippen LogP contribution >= 0.6 is 22.7 Å². The van der Waals surface area contributed by atoms with Crippen LogP contribution in [0.4, 0.5) is 0 Å². The quantitative estimate of drug-likeness (QED) is 0.196. The number of hydrogen-bond donors (Lipinski definition) is 0.